The number of allylic oxidation sites excluding steroid dienone is 1. The van der Waals surface area contributed by atoms with Crippen molar-refractivity contribution in [3.05, 3.63) is 34.7 Å². The molecule has 0 saturated heterocycles. The number of ketones is 2. The molecule has 3 rings (SSSR count). The van der Waals surface area contributed by atoms with Gasteiger partial charge in [0.15, 0.2) is 11.6 Å². The van der Waals surface area contributed by atoms with Crippen LogP contribution >= 0.6 is 0 Å². The van der Waals surface area contributed by atoms with Crippen molar-refractivity contribution < 1.29 is 32.1 Å². The number of aryl methyl sites for hydroxylation is 1. The summed E-state index contributed by atoms with van der Waals surface area (Å²) in [7, 11) is -1.58. The summed E-state index contributed by atoms with van der Waals surface area (Å²) in [4.78, 5) is 28.8. The Morgan fingerprint density at radius 3 is 2.46 bits per heavy atom. The second kappa shape index (κ2) is 5.73. The summed E-state index contributed by atoms with van der Waals surface area (Å²) in [5, 5.41) is 10.5. The van der Waals surface area contributed by atoms with Crippen LogP contribution in [0.1, 0.15) is 30.3 Å². The van der Waals surface area contributed by atoms with E-state index in [1.165, 1.54) is 20.1 Å². The highest BCUT2D eigenvalue weighted by Gasteiger charge is 2.65. The van der Waals surface area contributed by atoms with E-state index in [0.29, 0.717) is 12.5 Å². The van der Waals surface area contributed by atoms with Gasteiger partial charge in [0.2, 0.25) is 0 Å². The number of fused-ring (bicyclic) bond motifs is 1. The summed E-state index contributed by atoms with van der Waals surface area (Å²) in [5.74, 6) is -2.84. The molecule has 9 heteroatoms. The van der Waals surface area contributed by atoms with E-state index in [0.717, 1.165) is 6.07 Å². The molecule has 1 aromatic rings. The maximum Gasteiger partial charge on any atom is 0.433 e. The number of pyridine rings is 1. The second-order valence-corrected chi connectivity index (χ2v) is 8.51. The molecule has 2 aliphatic carbocycles. The smallest absolute Gasteiger partial charge is 0.433 e. The zero-order valence-corrected chi connectivity index (χ0v) is 15.0. The van der Waals surface area contributed by atoms with Crippen molar-refractivity contribution in [1.29, 1.82) is 0 Å². The normalized spacial score (nSPS) is 31.5. The lowest BCUT2D eigenvalue weighted by Crippen LogP contribution is -2.48. The quantitative estimate of drug-likeness (QED) is 0.479. The number of Topliss-reactive ketones (excluding diaryl/α,β-unsaturated/α-hetero) is 2. The molecule has 0 bridgehead atoms. The third-order valence-electron chi connectivity index (χ3n) is 5.22. The first-order valence-electron chi connectivity index (χ1n) is 7.81. The molecule has 0 aliphatic heterocycles. The SMILES string of the molecule is Cc1nc(C(F)(F)F)ccc1C(O)=C1C(=O)C2CC2C(C)(S(C)=O)C1=O. The van der Waals surface area contributed by atoms with Gasteiger partial charge in [-0.25, -0.2) is 4.98 Å². The van der Waals surface area contributed by atoms with Gasteiger partial charge >= 0.3 is 6.18 Å². The number of halogens is 3. The van der Waals surface area contributed by atoms with E-state index in [1.54, 1.807) is 0 Å². The van der Waals surface area contributed by atoms with Gasteiger partial charge in [0.05, 0.1) is 0 Å². The minimum Gasteiger partial charge on any atom is -0.506 e. The maximum absolute atomic E-state index is 12.9. The number of alkyl halides is 3. The Hall–Kier alpha value is -2.03. The Kier molecular flexibility index (Phi) is 4.14. The van der Waals surface area contributed by atoms with Crippen LogP contribution in [0.15, 0.2) is 17.7 Å². The molecule has 140 valence electrons. The van der Waals surface area contributed by atoms with Crippen LogP contribution < -0.4 is 0 Å². The standard InChI is InChI=1S/C17H16F3NO4S/c1-7-8(4-5-11(21-7)17(18,19)20)13(22)12-14(23)9-6-10(9)16(2,15(12)24)26(3)25/h4-5,9-10,22H,6H2,1-3H3. The fourth-order valence-corrected chi connectivity index (χ4v) is 4.53. The van der Waals surface area contributed by atoms with Crippen molar-refractivity contribution in [1.82, 2.24) is 4.98 Å². The number of hydrogen-bond donors (Lipinski definition) is 1. The Morgan fingerprint density at radius 1 is 1.35 bits per heavy atom. The number of aliphatic hydroxyl groups is 1. The van der Waals surface area contributed by atoms with Crippen LogP contribution in [0.4, 0.5) is 13.2 Å². The van der Waals surface area contributed by atoms with E-state index in [4.69, 9.17) is 0 Å². The number of nitrogens with zero attached hydrogens (tertiary/aromatic N) is 1. The molecular formula is C17H16F3NO4S. The molecule has 0 amide bonds. The highest BCUT2D eigenvalue weighted by Crippen LogP contribution is 2.55. The zero-order chi connectivity index (χ0) is 19.6. The highest BCUT2D eigenvalue weighted by molar-refractivity contribution is 7.86. The van der Waals surface area contributed by atoms with Gasteiger partial charge in [-0.15, -0.1) is 0 Å². The van der Waals surface area contributed by atoms with Crippen LogP contribution in [0.3, 0.4) is 0 Å². The predicted octanol–water partition coefficient (Wildman–Crippen LogP) is 2.60. The topological polar surface area (TPSA) is 84.3 Å². The number of rotatable bonds is 2. The van der Waals surface area contributed by atoms with E-state index in [9.17, 15) is 32.1 Å². The first kappa shape index (κ1) is 18.8. The molecule has 1 heterocycles. The lowest BCUT2D eigenvalue weighted by molar-refractivity contribution is -0.141. The average Bonchev–Trinajstić information content (AvgIpc) is 3.33. The van der Waals surface area contributed by atoms with Crippen molar-refractivity contribution in [2.24, 2.45) is 11.8 Å². The summed E-state index contributed by atoms with van der Waals surface area (Å²) in [6.07, 6.45) is -2.88. The number of carbonyl (C=O) groups is 2. The van der Waals surface area contributed by atoms with Crippen molar-refractivity contribution in [2.45, 2.75) is 31.2 Å². The van der Waals surface area contributed by atoms with Crippen molar-refractivity contribution in [3.63, 3.8) is 0 Å². The summed E-state index contributed by atoms with van der Waals surface area (Å²) in [6, 6.07) is 1.65. The molecule has 26 heavy (non-hydrogen) atoms. The van der Waals surface area contributed by atoms with Gasteiger partial charge in [-0.1, -0.05) is 0 Å². The summed E-state index contributed by atoms with van der Waals surface area (Å²) >= 11 is 0. The molecular weight excluding hydrogens is 371 g/mol. The van der Waals surface area contributed by atoms with Gasteiger partial charge in [0, 0.05) is 34.2 Å². The van der Waals surface area contributed by atoms with Crippen LogP contribution in [-0.2, 0) is 26.6 Å². The Bertz CT molecular complexity index is 892. The number of aliphatic hydroxyl groups excluding tert-OH is 1. The molecule has 1 aromatic heterocycles. The van der Waals surface area contributed by atoms with E-state index in [-0.39, 0.29) is 17.2 Å². The van der Waals surface area contributed by atoms with Crippen LogP contribution in [-0.4, -0.2) is 36.9 Å². The third-order valence-corrected chi connectivity index (χ3v) is 6.91. The first-order valence-corrected chi connectivity index (χ1v) is 9.37. The predicted molar refractivity (Wildman–Crippen MR) is 87.6 cm³/mol. The van der Waals surface area contributed by atoms with Gasteiger partial charge in [0.25, 0.3) is 0 Å². The van der Waals surface area contributed by atoms with Gasteiger partial charge in [-0.3, -0.25) is 13.8 Å². The Labute approximate surface area is 149 Å². The Morgan fingerprint density at radius 2 is 1.96 bits per heavy atom. The molecule has 2 fully saturated rings. The first-order chi connectivity index (χ1) is 11.9. The minimum absolute atomic E-state index is 0.127. The summed E-state index contributed by atoms with van der Waals surface area (Å²) in [5.41, 5.74) is -1.92. The van der Waals surface area contributed by atoms with Crippen molar-refractivity contribution >= 4 is 28.1 Å². The maximum atomic E-state index is 12.9. The molecule has 5 nitrogen and oxygen atoms in total. The van der Waals surface area contributed by atoms with Crippen molar-refractivity contribution in [3.8, 4) is 0 Å². The molecule has 0 spiro atoms. The third kappa shape index (κ3) is 2.60. The van der Waals surface area contributed by atoms with E-state index in [1.807, 2.05) is 0 Å². The van der Waals surface area contributed by atoms with Crippen LogP contribution in [0.5, 0.6) is 0 Å². The fourth-order valence-electron chi connectivity index (χ4n) is 3.48. The molecule has 2 aliphatic rings. The lowest BCUT2D eigenvalue weighted by Gasteiger charge is -2.30. The molecule has 4 unspecified atom stereocenters. The Balaban J connectivity index is 2.13. The number of hydrogen-bond acceptors (Lipinski definition) is 5. The largest absolute Gasteiger partial charge is 0.506 e. The molecule has 4 atom stereocenters. The monoisotopic (exact) mass is 387 g/mol. The molecule has 0 aromatic carbocycles. The average molecular weight is 387 g/mol. The fraction of sp³-hybridized carbons (Fsp3) is 0.471. The minimum atomic E-state index is -4.65. The van der Waals surface area contributed by atoms with Gasteiger partial charge in [0.1, 0.15) is 21.8 Å². The van der Waals surface area contributed by atoms with Gasteiger partial charge in [-0.2, -0.15) is 13.2 Å². The lowest BCUT2D eigenvalue weighted by atomic mass is 9.82. The molecule has 1 N–H and O–H groups in total. The highest BCUT2D eigenvalue weighted by atomic mass is 32.2. The number of aromatic nitrogens is 1. The van der Waals surface area contributed by atoms with Crippen LogP contribution in [0.25, 0.3) is 5.76 Å². The zero-order valence-electron chi connectivity index (χ0n) is 14.2. The summed E-state index contributed by atoms with van der Waals surface area (Å²) < 4.78 is 49.1. The van der Waals surface area contributed by atoms with E-state index in [2.05, 4.69) is 4.98 Å². The van der Waals surface area contributed by atoms with Crippen molar-refractivity contribution in [2.75, 3.05) is 6.26 Å². The van der Waals surface area contributed by atoms with Gasteiger partial charge in [-0.05, 0) is 38.3 Å². The van der Waals surface area contributed by atoms with E-state index < -0.39 is 56.2 Å². The summed E-state index contributed by atoms with van der Waals surface area (Å²) in [6.45, 7) is 2.74. The molecule has 2 saturated carbocycles. The van der Waals surface area contributed by atoms with Gasteiger partial charge < -0.3 is 5.11 Å². The van der Waals surface area contributed by atoms with Crippen LogP contribution in [0.2, 0.25) is 0 Å². The van der Waals surface area contributed by atoms with E-state index >= 15 is 0 Å². The second-order valence-electron chi connectivity index (χ2n) is 6.75. The molecule has 0 radical (unpaired) electrons. The number of carbonyl (C=O) groups excluding carboxylic acids is 2. The van der Waals surface area contributed by atoms with Crippen LogP contribution in [0, 0.1) is 18.8 Å².